The van der Waals surface area contributed by atoms with Crippen molar-refractivity contribution >= 4 is 5.69 Å². The van der Waals surface area contributed by atoms with Gasteiger partial charge in [0.15, 0.2) is 0 Å². The number of ether oxygens (including phenoxy) is 1. The van der Waals surface area contributed by atoms with E-state index >= 15 is 0 Å². The van der Waals surface area contributed by atoms with Gasteiger partial charge in [-0.2, -0.15) is 5.26 Å². The Morgan fingerprint density at radius 2 is 1.94 bits per heavy atom. The van der Waals surface area contributed by atoms with Gasteiger partial charge in [-0.15, -0.1) is 0 Å². The number of nitriles is 1. The van der Waals surface area contributed by atoms with Crippen LogP contribution in [0.4, 0.5) is 10.1 Å². The minimum atomic E-state index is -0.464. The minimum Gasteiger partial charge on any atom is -0.384 e. The van der Waals surface area contributed by atoms with Crippen molar-refractivity contribution in [2.45, 2.75) is 56.8 Å². The Balaban J connectivity index is 1.46. The zero-order valence-corrected chi connectivity index (χ0v) is 19.3. The molecule has 33 heavy (non-hydrogen) atoms. The van der Waals surface area contributed by atoms with Crippen LogP contribution in [-0.2, 0) is 11.3 Å². The summed E-state index contributed by atoms with van der Waals surface area (Å²) in [6.45, 7) is 3.61. The van der Waals surface area contributed by atoms with Gasteiger partial charge in [-0.1, -0.05) is 12.1 Å². The fourth-order valence-electron chi connectivity index (χ4n) is 6.15. The molecular weight excluding hydrogens is 415 g/mol. The third-order valence-corrected chi connectivity index (χ3v) is 7.91. The van der Waals surface area contributed by atoms with E-state index in [9.17, 15) is 4.39 Å². The highest BCUT2D eigenvalue weighted by Crippen LogP contribution is 2.40. The number of hydrogen-bond acceptors (Lipinski definition) is 5. The van der Waals surface area contributed by atoms with Crippen LogP contribution in [0.2, 0.25) is 0 Å². The van der Waals surface area contributed by atoms with Crippen LogP contribution in [0, 0.1) is 23.1 Å². The summed E-state index contributed by atoms with van der Waals surface area (Å²) < 4.78 is 19.9. The number of methoxy groups -OCH3 is 1. The summed E-state index contributed by atoms with van der Waals surface area (Å²) in [4.78, 5) is 4.98. The maximum Gasteiger partial charge on any atom is 0.141 e. The molecule has 5 nitrogen and oxygen atoms in total. The SMILES string of the molecule is COCC1CCN(c2ccc(CN3[C@@H]4CC[C@H]3[C@@H](N)C4)cc2-c2ccc(C#N)c(F)c2)CC1. The third kappa shape index (κ3) is 4.38. The Hall–Kier alpha value is -2.46. The molecule has 5 rings (SSSR count). The molecule has 3 atom stereocenters. The summed E-state index contributed by atoms with van der Waals surface area (Å²) in [5.74, 6) is 0.130. The van der Waals surface area contributed by atoms with Crippen LogP contribution in [0.3, 0.4) is 0 Å². The largest absolute Gasteiger partial charge is 0.384 e. The van der Waals surface area contributed by atoms with Crippen LogP contribution in [0.5, 0.6) is 0 Å². The van der Waals surface area contributed by atoms with E-state index in [1.807, 2.05) is 12.1 Å². The maximum absolute atomic E-state index is 14.6. The molecule has 2 bridgehead atoms. The van der Waals surface area contributed by atoms with E-state index in [1.165, 1.54) is 24.5 Å². The van der Waals surface area contributed by atoms with E-state index in [0.29, 0.717) is 18.0 Å². The van der Waals surface area contributed by atoms with Gasteiger partial charge >= 0.3 is 0 Å². The Morgan fingerprint density at radius 3 is 2.58 bits per heavy atom. The van der Waals surface area contributed by atoms with Gasteiger partial charge in [-0.25, -0.2) is 4.39 Å². The van der Waals surface area contributed by atoms with Gasteiger partial charge in [0.1, 0.15) is 11.9 Å². The Bertz CT molecular complexity index is 1040. The van der Waals surface area contributed by atoms with Crippen LogP contribution in [0.1, 0.15) is 43.2 Å². The van der Waals surface area contributed by atoms with Crippen LogP contribution < -0.4 is 10.6 Å². The predicted molar refractivity (Wildman–Crippen MR) is 128 cm³/mol. The van der Waals surface area contributed by atoms with E-state index in [0.717, 1.165) is 62.3 Å². The zero-order valence-electron chi connectivity index (χ0n) is 19.3. The summed E-state index contributed by atoms with van der Waals surface area (Å²) >= 11 is 0. The molecule has 0 aromatic heterocycles. The highest BCUT2D eigenvalue weighted by molar-refractivity contribution is 5.80. The average molecular weight is 449 g/mol. The van der Waals surface area contributed by atoms with Crippen molar-refractivity contribution in [3.8, 4) is 17.2 Å². The molecular formula is C27H33FN4O. The summed E-state index contributed by atoms with van der Waals surface area (Å²) in [6, 6.07) is 14.9. The summed E-state index contributed by atoms with van der Waals surface area (Å²) in [5.41, 5.74) is 10.7. The topological polar surface area (TPSA) is 65.5 Å². The second-order valence-corrected chi connectivity index (χ2v) is 9.91. The van der Waals surface area contributed by atoms with Crippen LogP contribution in [0.15, 0.2) is 36.4 Å². The molecule has 6 heteroatoms. The van der Waals surface area contributed by atoms with E-state index < -0.39 is 5.82 Å². The lowest BCUT2D eigenvalue weighted by Crippen LogP contribution is -2.36. The van der Waals surface area contributed by atoms with Crippen molar-refractivity contribution in [3.05, 3.63) is 53.3 Å². The standard InChI is InChI=1S/C27H33FN4O/c1-33-17-18-8-10-31(11-9-18)26-6-2-19(16-32-22-5-7-27(32)25(30)14-22)12-23(26)20-3-4-21(15-29)24(28)13-20/h2-4,6,12-13,18,22,25,27H,5,7-11,14,16-17,30H2,1H3/t22-,25+,27+/m1/s1. The zero-order chi connectivity index (χ0) is 22.9. The number of nitrogens with zero attached hydrogens (tertiary/aromatic N) is 3. The molecule has 174 valence electrons. The number of nitrogens with two attached hydrogens (primary N) is 1. The normalized spacial score (nSPS) is 25.5. The summed E-state index contributed by atoms with van der Waals surface area (Å²) in [7, 11) is 1.77. The highest BCUT2D eigenvalue weighted by atomic mass is 19.1. The fraction of sp³-hybridized carbons (Fsp3) is 0.519. The van der Waals surface area contributed by atoms with E-state index in [4.69, 9.17) is 15.7 Å². The maximum atomic E-state index is 14.6. The van der Waals surface area contributed by atoms with Crippen molar-refractivity contribution in [1.29, 1.82) is 5.26 Å². The van der Waals surface area contributed by atoms with Gasteiger partial charge in [-0.3, -0.25) is 4.90 Å². The van der Waals surface area contributed by atoms with Crippen LogP contribution in [0.25, 0.3) is 11.1 Å². The quantitative estimate of drug-likeness (QED) is 0.714. The molecule has 0 unspecified atom stereocenters. The van der Waals surface area contributed by atoms with Gasteiger partial charge in [0.25, 0.3) is 0 Å². The van der Waals surface area contributed by atoms with Crippen LogP contribution >= 0.6 is 0 Å². The first-order chi connectivity index (χ1) is 16.1. The van der Waals surface area contributed by atoms with Crippen molar-refractivity contribution in [1.82, 2.24) is 4.90 Å². The van der Waals surface area contributed by atoms with E-state index in [-0.39, 0.29) is 11.6 Å². The number of piperidine rings is 1. The van der Waals surface area contributed by atoms with Gasteiger partial charge in [0.2, 0.25) is 0 Å². The van der Waals surface area contributed by atoms with Gasteiger partial charge < -0.3 is 15.4 Å². The number of anilines is 1. The van der Waals surface area contributed by atoms with Crippen molar-refractivity contribution in [2.24, 2.45) is 11.7 Å². The van der Waals surface area contributed by atoms with Gasteiger partial charge in [-0.05, 0) is 73.4 Å². The Morgan fingerprint density at radius 1 is 1.12 bits per heavy atom. The predicted octanol–water partition coefficient (Wildman–Crippen LogP) is 4.29. The molecule has 3 saturated heterocycles. The fourth-order valence-corrected chi connectivity index (χ4v) is 6.15. The lowest BCUT2D eigenvalue weighted by Gasteiger charge is -2.35. The lowest BCUT2D eigenvalue weighted by atomic mass is 9.94. The molecule has 3 heterocycles. The number of rotatable bonds is 6. The Labute approximate surface area is 195 Å². The Kier molecular flexibility index (Phi) is 6.38. The van der Waals surface area contributed by atoms with Crippen molar-refractivity contribution < 1.29 is 9.13 Å². The first-order valence-corrected chi connectivity index (χ1v) is 12.2. The smallest absolute Gasteiger partial charge is 0.141 e. The molecule has 2 aromatic carbocycles. The second-order valence-electron chi connectivity index (χ2n) is 9.91. The molecule has 0 saturated carbocycles. The van der Waals surface area contributed by atoms with Gasteiger partial charge in [0.05, 0.1) is 5.56 Å². The number of hydrogen-bond donors (Lipinski definition) is 1. The molecule has 3 aliphatic rings. The number of benzene rings is 2. The molecule has 3 aliphatic heterocycles. The van der Waals surface area contributed by atoms with Gasteiger partial charge in [0, 0.05) is 62.7 Å². The monoisotopic (exact) mass is 448 g/mol. The number of halogens is 1. The van der Waals surface area contributed by atoms with E-state index in [1.54, 1.807) is 13.2 Å². The molecule has 0 spiro atoms. The average Bonchev–Trinajstić information content (AvgIpc) is 3.35. The third-order valence-electron chi connectivity index (χ3n) is 7.91. The first kappa shape index (κ1) is 22.3. The molecule has 0 radical (unpaired) electrons. The highest BCUT2D eigenvalue weighted by Gasteiger charge is 2.44. The molecule has 3 fully saturated rings. The molecule has 2 N–H and O–H groups in total. The molecule has 0 aliphatic carbocycles. The summed E-state index contributed by atoms with van der Waals surface area (Å²) in [5, 5.41) is 9.16. The lowest BCUT2D eigenvalue weighted by molar-refractivity contribution is 0.139. The van der Waals surface area contributed by atoms with Crippen molar-refractivity contribution in [3.63, 3.8) is 0 Å². The van der Waals surface area contributed by atoms with Crippen LogP contribution in [-0.4, -0.2) is 49.8 Å². The summed E-state index contributed by atoms with van der Waals surface area (Å²) in [6.07, 6.45) is 5.69. The molecule has 2 aromatic rings. The minimum absolute atomic E-state index is 0.0828. The second kappa shape index (κ2) is 9.42. The molecule has 0 amide bonds. The van der Waals surface area contributed by atoms with Crippen molar-refractivity contribution in [2.75, 3.05) is 31.7 Å². The first-order valence-electron chi connectivity index (χ1n) is 12.2. The van der Waals surface area contributed by atoms with E-state index in [2.05, 4.69) is 28.0 Å². The number of fused-ring (bicyclic) bond motifs is 2.